The average Bonchev–Trinajstić information content (AvgIpc) is 2.22. The third-order valence-corrected chi connectivity index (χ3v) is 2.33. The van der Waals surface area contributed by atoms with Crippen LogP contribution < -0.4 is 4.74 Å². The number of esters is 1. The van der Waals surface area contributed by atoms with Crippen LogP contribution in [0.2, 0.25) is 5.02 Å². The van der Waals surface area contributed by atoms with Crippen molar-refractivity contribution in [2.24, 2.45) is 0 Å². The molecule has 1 rings (SSSR count). The smallest absolute Gasteiger partial charge is 0.379 e. The second-order valence-electron chi connectivity index (χ2n) is 3.72. The molecule has 1 aromatic carbocycles. The van der Waals surface area contributed by atoms with Gasteiger partial charge in [-0.3, -0.25) is 0 Å². The van der Waals surface area contributed by atoms with Gasteiger partial charge < -0.3 is 14.6 Å². The fourth-order valence-electron chi connectivity index (χ4n) is 1.25. The minimum Gasteiger partial charge on any atom is -0.461 e. The van der Waals surface area contributed by atoms with E-state index in [4.69, 9.17) is 21.1 Å². The third-order valence-electron chi connectivity index (χ3n) is 2.10. The lowest BCUT2D eigenvalue weighted by Crippen LogP contribution is -2.42. The summed E-state index contributed by atoms with van der Waals surface area (Å²) < 4.78 is 9.93. The number of ether oxygens (including phenoxy) is 2. The van der Waals surface area contributed by atoms with Crippen LogP contribution in [0.25, 0.3) is 0 Å². The Morgan fingerprint density at radius 1 is 1.53 bits per heavy atom. The van der Waals surface area contributed by atoms with Crippen LogP contribution in [0.1, 0.15) is 19.4 Å². The zero-order valence-electron chi connectivity index (χ0n) is 9.99. The van der Waals surface area contributed by atoms with Crippen LogP contribution in [-0.4, -0.2) is 23.5 Å². The van der Waals surface area contributed by atoms with E-state index < -0.39 is 11.8 Å². The van der Waals surface area contributed by atoms with Gasteiger partial charge in [0, 0.05) is 11.9 Å². The zero-order chi connectivity index (χ0) is 13.1. The zero-order valence-corrected chi connectivity index (χ0v) is 10.7. The molecule has 0 spiro atoms. The molecule has 0 fully saturated rings. The Balaban J connectivity index is 2.86. The summed E-state index contributed by atoms with van der Waals surface area (Å²) in [5.41, 5.74) is 0.724. The molecule has 0 radical (unpaired) electrons. The van der Waals surface area contributed by atoms with Gasteiger partial charge in [-0.15, -0.1) is 0 Å². The Bertz CT molecular complexity index is 415. The molecule has 1 atom stereocenters. The number of aliphatic hydroxyl groups is 1. The van der Waals surface area contributed by atoms with Gasteiger partial charge in [-0.2, -0.15) is 0 Å². The normalized spacial score (nSPS) is 13.9. The van der Waals surface area contributed by atoms with Crippen molar-refractivity contribution in [3.63, 3.8) is 0 Å². The summed E-state index contributed by atoms with van der Waals surface area (Å²) >= 11 is 5.79. The first-order valence-electron chi connectivity index (χ1n) is 5.21. The predicted octanol–water partition coefficient (Wildman–Crippen LogP) is 2.30. The largest absolute Gasteiger partial charge is 0.461 e. The van der Waals surface area contributed by atoms with Crippen LogP contribution in [0.4, 0.5) is 0 Å². The van der Waals surface area contributed by atoms with Crippen molar-refractivity contribution in [2.75, 3.05) is 6.61 Å². The lowest BCUT2D eigenvalue weighted by atomic mass is 10.2. The molecule has 0 amide bonds. The van der Waals surface area contributed by atoms with Crippen molar-refractivity contribution >= 4 is 17.6 Å². The van der Waals surface area contributed by atoms with E-state index in [1.165, 1.54) is 6.92 Å². The molecule has 4 nitrogen and oxygen atoms in total. The molecule has 0 saturated carbocycles. The van der Waals surface area contributed by atoms with Gasteiger partial charge in [-0.25, -0.2) is 4.79 Å². The van der Waals surface area contributed by atoms with Crippen LogP contribution >= 0.6 is 11.6 Å². The number of benzene rings is 1. The van der Waals surface area contributed by atoms with Crippen LogP contribution in [-0.2, 0) is 9.53 Å². The highest BCUT2D eigenvalue weighted by Gasteiger charge is 2.35. The van der Waals surface area contributed by atoms with Gasteiger partial charge >= 0.3 is 11.8 Å². The van der Waals surface area contributed by atoms with Gasteiger partial charge in [0.15, 0.2) is 0 Å². The van der Waals surface area contributed by atoms with E-state index in [2.05, 4.69) is 0 Å². The maximum Gasteiger partial charge on any atom is 0.379 e. The first-order chi connectivity index (χ1) is 7.86. The Labute approximate surface area is 105 Å². The van der Waals surface area contributed by atoms with Crippen molar-refractivity contribution < 1.29 is 19.4 Å². The molecule has 1 unspecified atom stereocenters. The summed E-state index contributed by atoms with van der Waals surface area (Å²) in [5.74, 6) is -2.45. The summed E-state index contributed by atoms with van der Waals surface area (Å²) in [6.07, 6.45) is 0. The Morgan fingerprint density at radius 3 is 2.71 bits per heavy atom. The van der Waals surface area contributed by atoms with E-state index >= 15 is 0 Å². The Hall–Kier alpha value is -1.26. The number of hydrogen-bond acceptors (Lipinski definition) is 4. The SMILES string of the molecule is CCOC(=O)C(C)(O)Oc1ccc(Cl)cc1C. The molecular weight excluding hydrogens is 244 g/mol. The molecule has 1 N–H and O–H groups in total. The van der Waals surface area contributed by atoms with Crippen LogP contribution in [0.3, 0.4) is 0 Å². The second-order valence-corrected chi connectivity index (χ2v) is 4.15. The van der Waals surface area contributed by atoms with E-state index in [9.17, 15) is 9.90 Å². The maximum atomic E-state index is 11.4. The van der Waals surface area contributed by atoms with Crippen LogP contribution in [0, 0.1) is 6.92 Å². The minimum absolute atomic E-state index is 0.179. The monoisotopic (exact) mass is 258 g/mol. The molecule has 0 aliphatic rings. The number of carbonyl (C=O) groups is 1. The summed E-state index contributed by atoms with van der Waals surface area (Å²) in [6.45, 7) is 4.83. The third kappa shape index (κ3) is 3.61. The number of aryl methyl sites for hydroxylation is 1. The predicted molar refractivity (Wildman–Crippen MR) is 64.1 cm³/mol. The van der Waals surface area contributed by atoms with Gasteiger partial charge in [0.25, 0.3) is 0 Å². The quantitative estimate of drug-likeness (QED) is 0.665. The Kier molecular flexibility index (Phi) is 4.37. The topological polar surface area (TPSA) is 55.8 Å². The summed E-state index contributed by atoms with van der Waals surface area (Å²) in [4.78, 5) is 11.4. The van der Waals surface area contributed by atoms with Crippen molar-refractivity contribution in [3.05, 3.63) is 28.8 Å². The standard InChI is InChI=1S/C12H15ClO4/c1-4-16-11(14)12(3,15)17-10-6-5-9(13)7-8(10)2/h5-7,15H,4H2,1-3H3. The molecule has 1 aromatic rings. The fraction of sp³-hybridized carbons (Fsp3) is 0.417. The molecule has 17 heavy (non-hydrogen) atoms. The lowest BCUT2D eigenvalue weighted by molar-refractivity contribution is -0.194. The van der Waals surface area contributed by atoms with Crippen molar-refractivity contribution in [1.29, 1.82) is 0 Å². The highest BCUT2D eigenvalue weighted by atomic mass is 35.5. The highest BCUT2D eigenvalue weighted by molar-refractivity contribution is 6.30. The molecule has 0 heterocycles. The van der Waals surface area contributed by atoms with Crippen LogP contribution in [0.15, 0.2) is 18.2 Å². The molecule has 0 aliphatic carbocycles. The molecule has 5 heteroatoms. The van der Waals surface area contributed by atoms with Gasteiger partial charge in [0.05, 0.1) is 6.61 Å². The first-order valence-corrected chi connectivity index (χ1v) is 5.59. The minimum atomic E-state index is -2.01. The van der Waals surface area contributed by atoms with Crippen molar-refractivity contribution in [3.8, 4) is 5.75 Å². The van der Waals surface area contributed by atoms with Gasteiger partial charge in [0.2, 0.25) is 0 Å². The van der Waals surface area contributed by atoms with Crippen LogP contribution in [0.5, 0.6) is 5.75 Å². The summed E-state index contributed by atoms with van der Waals surface area (Å²) in [7, 11) is 0. The number of rotatable bonds is 4. The molecule has 0 saturated heterocycles. The lowest BCUT2D eigenvalue weighted by Gasteiger charge is -2.23. The number of hydrogen-bond donors (Lipinski definition) is 1. The van der Waals surface area contributed by atoms with E-state index in [1.54, 1.807) is 32.0 Å². The number of halogens is 1. The molecule has 0 bridgehead atoms. The van der Waals surface area contributed by atoms with E-state index in [0.29, 0.717) is 10.8 Å². The second kappa shape index (κ2) is 5.38. The summed E-state index contributed by atoms with van der Waals surface area (Å²) in [6, 6.07) is 4.88. The van der Waals surface area contributed by atoms with Gasteiger partial charge in [-0.05, 0) is 37.6 Å². The molecule has 0 aliphatic heterocycles. The Morgan fingerprint density at radius 2 is 2.18 bits per heavy atom. The highest BCUT2D eigenvalue weighted by Crippen LogP contribution is 2.25. The fourth-order valence-corrected chi connectivity index (χ4v) is 1.47. The van der Waals surface area contributed by atoms with E-state index in [0.717, 1.165) is 5.56 Å². The first kappa shape index (κ1) is 13.8. The van der Waals surface area contributed by atoms with E-state index in [-0.39, 0.29) is 6.61 Å². The summed E-state index contributed by atoms with van der Waals surface area (Å²) in [5, 5.41) is 10.4. The average molecular weight is 259 g/mol. The van der Waals surface area contributed by atoms with E-state index in [1.807, 2.05) is 0 Å². The maximum absolute atomic E-state index is 11.4. The molecule has 94 valence electrons. The molecular formula is C12H15ClO4. The molecule has 0 aromatic heterocycles. The van der Waals surface area contributed by atoms with Crippen molar-refractivity contribution in [2.45, 2.75) is 26.6 Å². The number of carbonyl (C=O) groups excluding carboxylic acids is 1. The van der Waals surface area contributed by atoms with Crippen molar-refractivity contribution in [1.82, 2.24) is 0 Å². The van der Waals surface area contributed by atoms with Gasteiger partial charge in [-0.1, -0.05) is 11.6 Å². The van der Waals surface area contributed by atoms with Gasteiger partial charge in [0.1, 0.15) is 5.75 Å².